The first-order valence-electron chi connectivity index (χ1n) is 4.86. The summed E-state index contributed by atoms with van der Waals surface area (Å²) < 4.78 is 5.20. The molecule has 1 rings (SSSR count). The highest BCUT2D eigenvalue weighted by atomic mass is 35.5. The second kappa shape index (κ2) is 5.92. The molecule has 1 aliphatic carbocycles. The summed E-state index contributed by atoms with van der Waals surface area (Å²) in [4.78, 5) is 22.1. The standard InChI is InChI=1S/C9H15ClN2O3/c1-15-7-4-2-3-6(7)11-9(14)12-8(13)5-10/h6-7H,2-5H2,1H3,(H2,11,12,13,14). The van der Waals surface area contributed by atoms with E-state index in [2.05, 4.69) is 10.6 Å². The number of rotatable bonds is 3. The van der Waals surface area contributed by atoms with E-state index in [1.165, 1.54) is 0 Å². The fourth-order valence-corrected chi connectivity index (χ4v) is 1.80. The molecule has 5 nitrogen and oxygen atoms in total. The zero-order chi connectivity index (χ0) is 11.3. The lowest BCUT2D eigenvalue weighted by atomic mass is 10.2. The van der Waals surface area contributed by atoms with E-state index < -0.39 is 11.9 Å². The fourth-order valence-electron chi connectivity index (χ4n) is 1.74. The van der Waals surface area contributed by atoms with Crippen LogP contribution >= 0.6 is 11.6 Å². The molecule has 0 aromatic carbocycles. The van der Waals surface area contributed by atoms with Crippen molar-refractivity contribution < 1.29 is 14.3 Å². The minimum atomic E-state index is -0.505. The van der Waals surface area contributed by atoms with Gasteiger partial charge in [0.05, 0.1) is 12.1 Å². The number of imide groups is 1. The molecule has 3 amide bonds. The lowest BCUT2D eigenvalue weighted by Crippen LogP contribution is -2.47. The van der Waals surface area contributed by atoms with E-state index in [4.69, 9.17) is 16.3 Å². The molecule has 0 radical (unpaired) electrons. The first kappa shape index (κ1) is 12.3. The summed E-state index contributed by atoms with van der Waals surface area (Å²) in [5.74, 6) is -0.715. The van der Waals surface area contributed by atoms with E-state index in [9.17, 15) is 9.59 Å². The molecule has 0 saturated heterocycles. The molecule has 0 aromatic rings. The molecule has 6 heteroatoms. The van der Waals surface area contributed by atoms with Crippen molar-refractivity contribution in [3.05, 3.63) is 0 Å². The summed E-state index contributed by atoms with van der Waals surface area (Å²) in [5.41, 5.74) is 0. The van der Waals surface area contributed by atoms with Crippen LogP contribution in [0.5, 0.6) is 0 Å². The van der Waals surface area contributed by atoms with Crippen molar-refractivity contribution in [2.45, 2.75) is 31.4 Å². The van der Waals surface area contributed by atoms with Gasteiger partial charge in [-0.15, -0.1) is 11.6 Å². The van der Waals surface area contributed by atoms with Gasteiger partial charge in [0.25, 0.3) is 0 Å². The number of hydrogen-bond donors (Lipinski definition) is 2. The first-order valence-corrected chi connectivity index (χ1v) is 5.40. The van der Waals surface area contributed by atoms with Crippen molar-refractivity contribution in [2.24, 2.45) is 0 Å². The predicted molar refractivity (Wildman–Crippen MR) is 55.8 cm³/mol. The van der Waals surface area contributed by atoms with Crippen LogP contribution in [0.1, 0.15) is 19.3 Å². The van der Waals surface area contributed by atoms with Crippen molar-refractivity contribution >= 4 is 23.5 Å². The van der Waals surface area contributed by atoms with Gasteiger partial charge >= 0.3 is 6.03 Å². The normalized spacial score (nSPS) is 24.9. The van der Waals surface area contributed by atoms with Crippen molar-refractivity contribution in [3.63, 3.8) is 0 Å². The maximum Gasteiger partial charge on any atom is 0.321 e. The lowest BCUT2D eigenvalue weighted by Gasteiger charge is -2.19. The van der Waals surface area contributed by atoms with E-state index in [0.29, 0.717) is 0 Å². The number of hydrogen-bond acceptors (Lipinski definition) is 3. The van der Waals surface area contributed by atoms with Gasteiger partial charge in [-0.2, -0.15) is 0 Å². The highest BCUT2D eigenvalue weighted by Crippen LogP contribution is 2.21. The molecular weight excluding hydrogens is 220 g/mol. The molecule has 0 bridgehead atoms. The van der Waals surface area contributed by atoms with Crippen molar-refractivity contribution in [2.75, 3.05) is 13.0 Å². The van der Waals surface area contributed by atoms with Crippen LogP contribution in [0.2, 0.25) is 0 Å². The van der Waals surface area contributed by atoms with Crippen LogP contribution in [0, 0.1) is 0 Å². The van der Waals surface area contributed by atoms with Crippen LogP contribution in [0.15, 0.2) is 0 Å². The number of nitrogens with one attached hydrogen (secondary N) is 2. The van der Waals surface area contributed by atoms with Crippen molar-refractivity contribution in [1.82, 2.24) is 10.6 Å². The molecular formula is C9H15ClN2O3. The van der Waals surface area contributed by atoms with Crippen LogP contribution < -0.4 is 10.6 Å². The summed E-state index contributed by atoms with van der Waals surface area (Å²) in [6.45, 7) is 0. The average molecular weight is 235 g/mol. The van der Waals surface area contributed by atoms with Crippen LogP contribution in [0.25, 0.3) is 0 Å². The largest absolute Gasteiger partial charge is 0.379 e. The molecule has 0 aliphatic heterocycles. The Bertz CT molecular complexity index is 248. The maximum absolute atomic E-state index is 11.3. The van der Waals surface area contributed by atoms with E-state index in [1.807, 2.05) is 0 Å². The van der Waals surface area contributed by atoms with E-state index in [1.54, 1.807) is 7.11 Å². The van der Waals surface area contributed by atoms with Gasteiger partial charge in [0, 0.05) is 7.11 Å². The van der Waals surface area contributed by atoms with Crippen LogP contribution in [0.4, 0.5) is 4.79 Å². The lowest BCUT2D eigenvalue weighted by molar-refractivity contribution is -0.117. The third kappa shape index (κ3) is 3.68. The number of ether oxygens (including phenoxy) is 1. The zero-order valence-electron chi connectivity index (χ0n) is 8.59. The van der Waals surface area contributed by atoms with Gasteiger partial charge in [0.2, 0.25) is 5.91 Å². The molecule has 15 heavy (non-hydrogen) atoms. The fraction of sp³-hybridized carbons (Fsp3) is 0.778. The number of carbonyl (C=O) groups is 2. The Balaban J connectivity index is 2.34. The molecule has 0 spiro atoms. The second-order valence-corrected chi connectivity index (χ2v) is 3.73. The molecule has 0 aromatic heterocycles. The molecule has 2 unspecified atom stereocenters. The van der Waals surface area contributed by atoms with Crippen LogP contribution in [-0.4, -0.2) is 37.1 Å². The Morgan fingerprint density at radius 1 is 1.47 bits per heavy atom. The second-order valence-electron chi connectivity index (χ2n) is 3.47. The summed E-state index contributed by atoms with van der Waals surface area (Å²) in [6, 6.07) is -0.521. The summed E-state index contributed by atoms with van der Waals surface area (Å²) >= 11 is 5.25. The Morgan fingerprint density at radius 3 is 2.80 bits per heavy atom. The average Bonchev–Trinajstić information content (AvgIpc) is 2.64. The highest BCUT2D eigenvalue weighted by Gasteiger charge is 2.28. The monoisotopic (exact) mass is 234 g/mol. The van der Waals surface area contributed by atoms with Gasteiger partial charge in [-0.05, 0) is 19.3 Å². The summed E-state index contributed by atoms with van der Waals surface area (Å²) in [7, 11) is 1.62. The van der Waals surface area contributed by atoms with Gasteiger partial charge in [0.1, 0.15) is 5.88 Å². The van der Waals surface area contributed by atoms with Gasteiger partial charge in [-0.25, -0.2) is 4.79 Å². The number of carbonyl (C=O) groups excluding carboxylic acids is 2. The molecule has 1 fully saturated rings. The number of halogens is 1. The molecule has 1 saturated carbocycles. The maximum atomic E-state index is 11.3. The number of alkyl halides is 1. The number of methoxy groups -OCH3 is 1. The van der Waals surface area contributed by atoms with Crippen LogP contribution in [-0.2, 0) is 9.53 Å². The molecule has 2 atom stereocenters. The Labute approximate surface area is 93.5 Å². The molecule has 2 N–H and O–H groups in total. The summed E-state index contributed by atoms with van der Waals surface area (Å²) in [6.07, 6.45) is 2.88. The van der Waals surface area contributed by atoms with Crippen molar-refractivity contribution in [1.29, 1.82) is 0 Å². The van der Waals surface area contributed by atoms with Crippen LogP contribution in [0.3, 0.4) is 0 Å². The minimum absolute atomic E-state index is 0.0156. The first-order chi connectivity index (χ1) is 7.17. The van der Waals surface area contributed by atoms with Gasteiger partial charge in [-0.3, -0.25) is 10.1 Å². The van der Waals surface area contributed by atoms with E-state index >= 15 is 0 Å². The Morgan fingerprint density at radius 2 is 2.20 bits per heavy atom. The SMILES string of the molecule is COC1CCCC1NC(=O)NC(=O)CCl. The minimum Gasteiger partial charge on any atom is -0.379 e. The molecule has 1 aliphatic rings. The topological polar surface area (TPSA) is 67.4 Å². The van der Waals surface area contributed by atoms with E-state index in [0.717, 1.165) is 19.3 Å². The number of amides is 3. The van der Waals surface area contributed by atoms with Gasteiger partial charge < -0.3 is 10.1 Å². The van der Waals surface area contributed by atoms with Gasteiger partial charge in [0.15, 0.2) is 0 Å². The van der Waals surface area contributed by atoms with E-state index in [-0.39, 0.29) is 18.0 Å². The summed E-state index contributed by atoms with van der Waals surface area (Å²) in [5, 5.41) is 4.82. The highest BCUT2D eigenvalue weighted by molar-refractivity contribution is 6.28. The third-order valence-electron chi connectivity index (χ3n) is 2.45. The third-order valence-corrected chi connectivity index (χ3v) is 2.69. The predicted octanol–water partition coefficient (Wildman–Crippen LogP) is 0.619. The molecule has 86 valence electrons. The van der Waals surface area contributed by atoms with Gasteiger partial charge in [-0.1, -0.05) is 0 Å². The smallest absolute Gasteiger partial charge is 0.321 e. The Hall–Kier alpha value is -0.810. The number of urea groups is 1. The quantitative estimate of drug-likeness (QED) is 0.704. The zero-order valence-corrected chi connectivity index (χ0v) is 9.34. The van der Waals surface area contributed by atoms with Crippen molar-refractivity contribution in [3.8, 4) is 0 Å². The Kier molecular flexibility index (Phi) is 4.84. The molecule has 0 heterocycles.